The van der Waals surface area contributed by atoms with Crippen LogP contribution in [0.4, 0.5) is 5.82 Å². The summed E-state index contributed by atoms with van der Waals surface area (Å²) in [6.45, 7) is 5.91. The smallest absolute Gasteiger partial charge is 0.229 e. The van der Waals surface area contributed by atoms with Crippen molar-refractivity contribution in [2.24, 2.45) is 5.92 Å². The second kappa shape index (κ2) is 8.94. The van der Waals surface area contributed by atoms with E-state index < -0.39 is 5.60 Å². The van der Waals surface area contributed by atoms with Gasteiger partial charge in [-0.15, -0.1) is 0 Å². The maximum Gasteiger partial charge on any atom is 0.229 e. The molecule has 1 fully saturated rings. The first-order valence-corrected chi connectivity index (χ1v) is 11.0. The van der Waals surface area contributed by atoms with Crippen LogP contribution in [0, 0.1) is 5.92 Å². The highest BCUT2D eigenvalue weighted by Gasteiger charge is 2.21. The predicted octanol–water partition coefficient (Wildman–Crippen LogP) is 3.85. The number of halogens is 1. The SMILES string of the molecule is CC(C)(O)CCn1cnc2ccc(-c3cc(NC(=O)C4CCCNC4)ncc3Cl)cc21. The van der Waals surface area contributed by atoms with Crippen LogP contribution in [0.3, 0.4) is 0 Å². The topological polar surface area (TPSA) is 92.1 Å². The molecule has 3 aromatic rings. The number of benzene rings is 1. The number of aromatic nitrogens is 3. The van der Waals surface area contributed by atoms with Crippen LogP contribution >= 0.6 is 11.6 Å². The number of carbonyl (C=O) groups excluding carboxylic acids is 1. The number of fused-ring (bicyclic) bond motifs is 1. The zero-order valence-electron chi connectivity index (χ0n) is 17.9. The number of anilines is 1. The van der Waals surface area contributed by atoms with Gasteiger partial charge in [-0.25, -0.2) is 9.97 Å². The van der Waals surface area contributed by atoms with Gasteiger partial charge in [0.2, 0.25) is 5.91 Å². The van der Waals surface area contributed by atoms with Crippen molar-refractivity contribution >= 4 is 34.4 Å². The summed E-state index contributed by atoms with van der Waals surface area (Å²) in [5.41, 5.74) is 2.81. The van der Waals surface area contributed by atoms with E-state index in [0.29, 0.717) is 30.4 Å². The summed E-state index contributed by atoms with van der Waals surface area (Å²) >= 11 is 6.46. The number of rotatable bonds is 6. The lowest BCUT2D eigenvalue weighted by atomic mass is 9.99. The minimum Gasteiger partial charge on any atom is -0.390 e. The molecule has 1 saturated heterocycles. The molecule has 0 bridgehead atoms. The molecule has 4 rings (SSSR count). The van der Waals surface area contributed by atoms with E-state index in [4.69, 9.17) is 11.6 Å². The van der Waals surface area contributed by atoms with Crippen molar-refractivity contribution in [2.75, 3.05) is 18.4 Å². The number of aliphatic hydroxyl groups is 1. The maximum absolute atomic E-state index is 12.6. The molecule has 1 aliphatic rings. The molecule has 0 radical (unpaired) electrons. The van der Waals surface area contributed by atoms with Crippen LogP contribution in [0.15, 0.2) is 36.8 Å². The lowest BCUT2D eigenvalue weighted by Crippen LogP contribution is -2.37. The molecule has 3 N–H and O–H groups in total. The minimum atomic E-state index is -0.746. The van der Waals surface area contributed by atoms with E-state index >= 15 is 0 Å². The van der Waals surface area contributed by atoms with E-state index in [0.717, 1.165) is 41.5 Å². The first-order valence-electron chi connectivity index (χ1n) is 10.6. The molecule has 0 spiro atoms. The Balaban J connectivity index is 1.59. The van der Waals surface area contributed by atoms with Crippen molar-refractivity contribution in [1.82, 2.24) is 19.9 Å². The highest BCUT2D eigenvalue weighted by atomic mass is 35.5. The zero-order valence-corrected chi connectivity index (χ0v) is 18.6. The Morgan fingerprint density at radius 1 is 1.35 bits per heavy atom. The van der Waals surface area contributed by atoms with E-state index in [1.807, 2.05) is 28.8 Å². The largest absolute Gasteiger partial charge is 0.390 e. The van der Waals surface area contributed by atoms with Gasteiger partial charge in [0.25, 0.3) is 0 Å². The molecule has 164 valence electrons. The van der Waals surface area contributed by atoms with Crippen molar-refractivity contribution in [3.05, 3.63) is 41.8 Å². The number of imidazole rings is 1. The third kappa shape index (κ3) is 5.23. The molecular weight excluding hydrogens is 414 g/mol. The fourth-order valence-corrected chi connectivity index (χ4v) is 4.04. The normalized spacial score (nSPS) is 17.1. The summed E-state index contributed by atoms with van der Waals surface area (Å²) in [6.07, 6.45) is 5.85. The number of carbonyl (C=O) groups is 1. The quantitative estimate of drug-likeness (QED) is 0.540. The highest BCUT2D eigenvalue weighted by Crippen LogP contribution is 2.31. The Bertz CT molecular complexity index is 1080. The molecule has 2 aromatic heterocycles. The number of amides is 1. The molecule has 31 heavy (non-hydrogen) atoms. The molecular formula is C23H28ClN5O2. The summed E-state index contributed by atoms with van der Waals surface area (Å²) in [5.74, 6) is 0.426. The molecule has 1 atom stereocenters. The maximum atomic E-state index is 12.6. The van der Waals surface area contributed by atoms with Crippen molar-refractivity contribution in [3.63, 3.8) is 0 Å². The molecule has 3 heterocycles. The van der Waals surface area contributed by atoms with Gasteiger partial charge in [0.1, 0.15) is 5.82 Å². The molecule has 8 heteroatoms. The van der Waals surface area contributed by atoms with Crippen molar-refractivity contribution in [1.29, 1.82) is 0 Å². The van der Waals surface area contributed by atoms with E-state index in [9.17, 15) is 9.90 Å². The Kier molecular flexibility index (Phi) is 6.27. The van der Waals surface area contributed by atoms with Crippen LogP contribution in [0.25, 0.3) is 22.2 Å². The summed E-state index contributed by atoms with van der Waals surface area (Å²) in [6, 6.07) is 7.77. The lowest BCUT2D eigenvalue weighted by molar-refractivity contribution is -0.120. The van der Waals surface area contributed by atoms with Gasteiger partial charge in [-0.2, -0.15) is 0 Å². The summed E-state index contributed by atoms with van der Waals surface area (Å²) < 4.78 is 2.03. The van der Waals surface area contributed by atoms with E-state index in [1.54, 1.807) is 26.4 Å². The van der Waals surface area contributed by atoms with Gasteiger partial charge >= 0.3 is 0 Å². The summed E-state index contributed by atoms with van der Waals surface area (Å²) in [4.78, 5) is 21.3. The molecule has 0 aliphatic carbocycles. The molecule has 0 saturated carbocycles. The number of nitrogens with zero attached hydrogens (tertiary/aromatic N) is 3. The fourth-order valence-electron chi connectivity index (χ4n) is 3.83. The van der Waals surface area contributed by atoms with Gasteiger partial charge in [0.15, 0.2) is 0 Å². The Labute approximate surface area is 186 Å². The Morgan fingerprint density at radius 3 is 2.94 bits per heavy atom. The number of hydrogen-bond donors (Lipinski definition) is 3. The molecule has 1 unspecified atom stereocenters. The standard InChI is InChI=1S/C23H28ClN5O2/c1-23(2,31)7-9-29-14-27-19-6-5-15(10-20(19)29)17-11-21(26-13-18(17)24)28-22(30)16-4-3-8-25-12-16/h5-6,10-11,13-14,16,25,31H,3-4,7-9,12H2,1-2H3,(H,26,28,30). The van der Waals surface area contributed by atoms with Crippen LogP contribution < -0.4 is 10.6 Å². The third-order valence-electron chi connectivity index (χ3n) is 5.67. The second-order valence-electron chi connectivity index (χ2n) is 8.79. The average molecular weight is 442 g/mol. The van der Waals surface area contributed by atoms with Crippen molar-refractivity contribution in [2.45, 2.75) is 45.3 Å². The van der Waals surface area contributed by atoms with Gasteiger partial charge in [0, 0.05) is 24.8 Å². The highest BCUT2D eigenvalue weighted by molar-refractivity contribution is 6.33. The molecule has 7 nitrogen and oxygen atoms in total. The number of hydrogen-bond acceptors (Lipinski definition) is 5. The van der Waals surface area contributed by atoms with Gasteiger partial charge in [-0.1, -0.05) is 17.7 Å². The van der Waals surface area contributed by atoms with Gasteiger partial charge in [-0.05, 0) is 63.4 Å². The molecule has 1 amide bonds. The Morgan fingerprint density at radius 2 is 2.19 bits per heavy atom. The van der Waals surface area contributed by atoms with Crippen molar-refractivity contribution in [3.8, 4) is 11.1 Å². The first kappa shape index (κ1) is 21.7. The van der Waals surface area contributed by atoms with Crippen LogP contribution in [0.2, 0.25) is 5.02 Å². The Hall–Kier alpha value is -2.48. The number of nitrogens with one attached hydrogen (secondary N) is 2. The van der Waals surface area contributed by atoms with E-state index in [-0.39, 0.29) is 11.8 Å². The van der Waals surface area contributed by atoms with Gasteiger partial charge in [0.05, 0.1) is 33.9 Å². The van der Waals surface area contributed by atoms with Gasteiger partial charge < -0.3 is 20.3 Å². The summed E-state index contributed by atoms with van der Waals surface area (Å²) in [7, 11) is 0. The monoisotopic (exact) mass is 441 g/mol. The summed E-state index contributed by atoms with van der Waals surface area (Å²) in [5, 5.41) is 16.8. The van der Waals surface area contributed by atoms with Crippen LogP contribution in [0.1, 0.15) is 33.1 Å². The minimum absolute atomic E-state index is 0.0203. The molecule has 1 aromatic carbocycles. The predicted molar refractivity (Wildman–Crippen MR) is 123 cm³/mol. The van der Waals surface area contributed by atoms with Gasteiger partial charge in [-0.3, -0.25) is 4.79 Å². The number of aryl methyl sites for hydroxylation is 1. The van der Waals surface area contributed by atoms with E-state index in [1.165, 1.54) is 0 Å². The van der Waals surface area contributed by atoms with E-state index in [2.05, 4.69) is 20.6 Å². The third-order valence-corrected chi connectivity index (χ3v) is 5.97. The van der Waals surface area contributed by atoms with Crippen molar-refractivity contribution < 1.29 is 9.90 Å². The van der Waals surface area contributed by atoms with Crippen LogP contribution in [0.5, 0.6) is 0 Å². The number of pyridine rings is 1. The van der Waals surface area contributed by atoms with Crippen LogP contribution in [-0.2, 0) is 11.3 Å². The number of piperidine rings is 1. The second-order valence-corrected chi connectivity index (χ2v) is 9.19. The van der Waals surface area contributed by atoms with Crippen LogP contribution in [-0.4, -0.2) is 44.2 Å². The molecule has 1 aliphatic heterocycles. The first-order chi connectivity index (χ1) is 14.8. The lowest BCUT2D eigenvalue weighted by Gasteiger charge is -2.21. The average Bonchev–Trinajstić information content (AvgIpc) is 3.16. The zero-order chi connectivity index (χ0) is 22.0. The fraction of sp³-hybridized carbons (Fsp3) is 0.435.